The van der Waals surface area contributed by atoms with Crippen LogP contribution in [0, 0.1) is 0 Å². The Morgan fingerprint density at radius 3 is 1.63 bits per heavy atom. The minimum atomic E-state index is 0.152. The Kier molecular flexibility index (Phi) is 12.1. The fourth-order valence-electron chi connectivity index (χ4n) is 9.14. The van der Waals surface area contributed by atoms with E-state index in [-0.39, 0.29) is 17.2 Å². The van der Waals surface area contributed by atoms with Gasteiger partial charge < -0.3 is 39.3 Å². The molecule has 2 fully saturated rings. The van der Waals surface area contributed by atoms with E-state index in [0.29, 0.717) is 55.0 Å². The van der Waals surface area contributed by atoms with Gasteiger partial charge in [-0.1, -0.05) is 42.5 Å². The van der Waals surface area contributed by atoms with Crippen LogP contribution in [0.2, 0.25) is 0 Å². The Bertz CT molecular complexity index is 2480. The zero-order chi connectivity index (χ0) is 42.6. The normalized spacial score (nSPS) is 16.0. The van der Waals surface area contributed by atoms with Crippen molar-refractivity contribution in [2.75, 3.05) is 76.4 Å². The predicted molar refractivity (Wildman–Crippen MR) is 246 cm³/mol. The van der Waals surface area contributed by atoms with Gasteiger partial charge in [-0.15, -0.1) is 0 Å². The molecule has 6 heterocycles. The predicted octanol–water partition coefficient (Wildman–Crippen LogP) is 8.81. The van der Waals surface area contributed by atoms with E-state index in [0.717, 1.165) is 104 Å². The third-order valence-corrected chi connectivity index (χ3v) is 12.8. The molecule has 0 aromatic heterocycles. The number of hydrogen-bond acceptors (Lipinski definition) is 10. The number of piperazine rings is 2. The van der Waals surface area contributed by atoms with Crippen molar-refractivity contribution in [3.8, 4) is 51.4 Å². The molecule has 6 aromatic rings. The van der Waals surface area contributed by atoms with E-state index in [1.165, 1.54) is 11.4 Å². The van der Waals surface area contributed by atoms with Crippen LogP contribution in [-0.2, 0) is 38.8 Å². The number of benzene rings is 6. The van der Waals surface area contributed by atoms with Crippen molar-refractivity contribution < 1.29 is 29.5 Å². The summed E-state index contributed by atoms with van der Waals surface area (Å²) in [5.74, 6) is 3.35. The highest BCUT2D eigenvalue weighted by atomic mass is 16.5. The molecule has 3 N–H and O–H groups in total. The number of aryl methyl sites for hydroxylation is 4. The van der Waals surface area contributed by atoms with Crippen LogP contribution in [0.5, 0.6) is 40.2 Å². The Morgan fingerprint density at radius 1 is 0.500 bits per heavy atom. The first kappa shape index (κ1) is 41.0. The van der Waals surface area contributed by atoms with E-state index in [2.05, 4.69) is 80.3 Å². The standard InChI is InChI=1S/C52H56N4O6/c1-60-44-18-12-42(13-19-44)55-27-23-53(24-28-55)34-40-11-10-39-9-5-36-6-16-46(17-7-36)62-49-33-38(4-3-37-8-22-47(48(57)32-37)50(39)52(40)59)31-41(51(49)58)35-54-25-29-56(30-26-54)43-14-20-45(61-2)21-15-43/h6-8,10-22,31-33,57-59H,3-5,9,23-30,34-35H2,1-2H3. The van der Waals surface area contributed by atoms with Crippen LogP contribution < -0.4 is 24.0 Å². The largest absolute Gasteiger partial charge is 0.507 e. The smallest absolute Gasteiger partial charge is 0.169 e. The molecule has 6 aliphatic heterocycles. The maximum atomic E-state index is 12.1. The monoisotopic (exact) mass is 832 g/mol. The van der Waals surface area contributed by atoms with E-state index in [9.17, 15) is 15.3 Å². The topological polar surface area (TPSA) is 101 Å². The van der Waals surface area contributed by atoms with Crippen LogP contribution in [0.3, 0.4) is 0 Å². The van der Waals surface area contributed by atoms with Crippen molar-refractivity contribution in [3.63, 3.8) is 0 Å². The highest BCUT2D eigenvalue weighted by molar-refractivity contribution is 5.80. The second kappa shape index (κ2) is 18.3. The fraction of sp³-hybridized carbons (Fsp3) is 0.308. The van der Waals surface area contributed by atoms with Crippen molar-refractivity contribution in [2.45, 2.75) is 38.8 Å². The highest BCUT2D eigenvalue weighted by Gasteiger charge is 2.24. The van der Waals surface area contributed by atoms with Gasteiger partial charge in [0.05, 0.1) is 14.2 Å². The zero-order valence-electron chi connectivity index (χ0n) is 35.7. The van der Waals surface area contributed by atoms with E-state index in [4.69, 9.17) is 14.2 Å². The van der Waals surface area contributed by atoms with E-state index < -0.39 is 0 Å². The van der Waals surface area contributed by atoms with Gasteiger partial charge in [-0.2, -0.15) is 0 Å². The number of anilines is 2. The summed E-state index contributed by atoms with van der Waals surface area (Å²) in [5, 5.41) is 35.4. The second-order valence-corrected chi connectivity index (χ2v) is 16.7. The summed E-state index contributed by atoms with van der Waals surface area (Å²) in [6.45, 7) is 8.23. The zero-order valence-corrected chi connectivity index (χ0v) is 35.7. The lowest BCUT2D eigenvalue weighted by molar-refractivity contribution is 0.246. The van der Waals surface area contributed by atoms with Crippen LogP contribution in [0.4, 0.5) is 11.4 Å². The van der Waals surface area contributed by atoms with Gasteiger partial charge in [-0.3, -0.25) is 9.80 Å². The van der Waals surface area contributed by atoms with Crippen molar-refractivity contribution in [2.24, 2.45) is 0 Å². The summed E-state index contributed by atoms with van der Waals surface area (Å²) in [6, 6.07) is 38.5. The Morgan fingerprint density at radius 2 is 1.05 bits per heavy atom. The first-order valence-corrected chi connectivity index (χ1v) is 21.8. The molecule has 0 amide bonds. The molecule has 6 bridgehead atoms. The molecular weight excluding hydrogens is 777 g/mol. The van der Waals surface area contributed by atoms with Crippen molar-refractivity contribution in [3.05, 3.63) is 149 Å². The van der Waals surface area contributed by atoms with Crippen molar-refractivity contribution in [1.82, 2.24) is 9.80 Å². The summed E-state index contributed by atoms with van der Waals surface area (Å²) in [4.78, 5) is 9.55. The van der Waals surface area contributed by atoms with Crippen LogP contribution in [0.1, 0.15) is 33.4 Å². The molecule has 0 atom stereocenters. The van der Waals surface area contributed by atoms with Gasteiger partial charge in [0.15, 0.2) is 11.5 Å². The van der Waals surface area contributed by atoms with E-state index >= 15 is 0 Å². The second-order valence-electron chi connectivity index (χ2n) is 16.7. The molecule has 0 unspecified atom stereocenters. The Labute approximate surface area is 364 Å². The molecule has 0 spiro atoms. The van der Waals surface area contributed by atoms with Gasteiger partial charge in [-0.05, 0) is 121 Å². The van der Waals surface area contributed by atoms with Gasteiger partial charge in [0.2, 0.25) is 0 Å². The molecule has 12 rings (SSSR count). The SMILES string of the molecule is COc1ccc(N2CCN(Cc3cc4cc(c3O)Oc3ccc(cc3)CCc3ccc(CN5CCN(c6ccc(OC)cc6)CC5)c(O)c3-c3ccc(cc3O)CC4)CC2)cc1. The minimum Gasteiger partial charge on any atom is -0.507 e. The third-order valence-electron chi connectivity index (χ3n) is 12.8. The number of nitrogens with zero attached hydrogens (tertiary/aromatic N) is 4. The Balaban J connectivity index is 0.941. The molecule has 6 aliphatic rings. The minimum absolute atomic E-state index is 0.152. The lowest BCUT2D eigenvalue weighted by atomic mass is 9.90. The number of methoxy groups -OCH3 is 2. The van der Waals surface area contributed by atoms with Gasteiger partial charge in [-0.25, -0.2) is 0 Å². The molecule has 0 aliphatic carbocycles. The average Bonchev–Trinajstić information content (AvgIpc) is 3.31. The summed E-state index contributed by atoms with van der Waals surface area (Å²) in [7, 11) is 3.37. The van der Waals surface area contributed by atoms with Gasteiger partial charge >= 0.3 is 0 Å². The number of phenolic OH excluding ortho intramolecular Hbond substituents is 3. The number of phenols is 3. The lowest BCUT2D eigenvalue weighted by Crippen LogP contribution is -2.45. The van der Waals surface area contributed by atoms with Crippen LogP contribution in [-0.4, -0.2) is 91.7 Å². The molecule has 320 valence electrons. The molecule has 10 nitrogen and oxygen atoms in total. The maximum Gasteiger partial charge on any atom is 0.169 e. The quantitative estimate of drug-likeness (QED) is 0.138. The molecule has 2 saturated heterocycles. The first-order chi connectivity index (χ1) is 30.3. The van der Waals surface area contributed by atoms with E-state index in [1.807, 2.05) is 54.6 Å². The fourth-order valence-corrected chi connectivity index (χ4v) is 9.14. The van der Waals surface area contributed by atoms with Crippen LogP contribution in [0.15, 0.2) is 115 Å². The van der Waals surface area contributed by atoms with Gasteiger partial charge in [0, 0.05) is 99.1 Å². The molecule has 62 heavy (non-hydrogen) atoms. The van der Waals surface area contributed by atoms with Crippen LogP contribution >= 0.6 is 0 Å². The molecule has 0 saturated carbocycles. The number of aromatic hydroxyl groups is 3. The number of rotatable bonds is 8. The summed E-state index contributed by atoms with van der Waals surface area (Å²) < 4.78 is 17.1. The summed E-state index contributed by atoms with van der Waals surface area (Å²) in [6.07, 6.45) is 2.76. The summed E-state index contributed by atoms with van der Waals surface area (Å²) in [5.41, 5.74) is 9.52. The number of ether oxygens (including phenoxy) is 3. The molecule has 6 aromatic carbocycles. The van der Waals surface area contributed by atoms with Crippen LogP contribution in [0.25, 0.3) is 11.1 Å². The Hall–Kier alpha value is -6.36. The molecular formula is C52H56N4O6. The third kappa shape index (κ3) is 9.12. The molecule has 10 heteroatoms. The average molecular weight is 833 g/mol. The van der Waals surface area contributed by atoms with Crippen molar-refractivity contribution >= 4 is 11.4 Å². The van der Waals surface area contributed by atoms with E-state index in [1.54, 1.807) is 14.2 Å². The maximum absolute atomic E-state index is 12.1. The molecule has 0 radical (unpaired) electrons. The first-order valence-electron chi connectivity index (χ1n) is 21.8. The van der Waals surface area contributed by atoms with Crippen molar-refractivity contribution in [1.29, 1.82) is 0 Å². The summed E-state index contributed by atoms with van der Waals surface area (Å²) >= 11 is 0. The highest BCUT2D eigenvalue weighted by Crippen LogP contribution is 2.42. The number of hydrogen-bond donors (Lipinski definition) is 3. The lowest BCUT2D eigenvalue weighted by Gasteiger charge is -2.36. The van der Waals surface area contributed by atoms with Gasteiger partial charge in [0.25, 0.3) is 0 Å². The van der Waals surface area contributed by atoms with Gasteiger partial charge in [0.1, 0.15) is 28.7 Å².